The lowest BCUT2D eigenvalue weighted by atomic mass is 10.1. The molecule has 0 aliphatic carbocycles. The molecule has 0 saturated heterocycles. The van der Waals surface area contributed by atoms with Gasteiger partial charge in [-0.2, -0.15) is 0 Å². The van der Waals surface area contributed by atoms with Gasteiger partial charge in [0.15, 0.2) is 6.61 Å². The van der Waals surface area contributed by atoms with Gasteiger partial charge in [-0.1, -0.05) is 35.9 Å². The van der Waals surface area contributed by atoms with Crippen molar-refractivity contribution in [1.29, 1.82) is 0 Å². The second-order valence-electron chi connectivity index (χ2n) is 10.3. The van der Waals surface area contributed by atoms with Crippen LogP contribution in [0.4, 0.5) is 17.1 Å². The molecule has 0 aromatic heterocycles. The van der Waals surface area contributed by atoms with Crippen LogP contribution in [-0.4, -0.2) is 42.4 Å². The zero-order chi connectivity index (χ0) is 30.4. The van der Waals surface area contributed by atoms with E-state index in [-0.39, 0.29) is 22.9 Å². The molecule has 0 unspecified atom stereocenters. The Kier molecular flexibility index (Phi) is 7.57. The standard InChI is InChI=1S/C31H28ClN3O6S2/c1-21-18-27(43(39,40)34-16-14-22-4-2-3-5-28(22)34)12-13-30(21)41-20-31(36)33-25-9-6-23-15-17-35(29(23)19-25)42(37,38)26-10-7-24(32)8-11-26/h2-13,18-19H,14-17,20H2,1H3,(H,33,36). The number of carbonyl (C=O) groups is 1. The molecule has 0 atom stereocenters. The van der Waals surface area contributed by atoms with Crippen molar-refractivity contribution in [2.75, 3.05) is 33.6 Å². The Balaban J connectivity index is 1.12. The summed E-state index contributed by atoms with van der Waals surface area (Å²) in [6.45, 7) is 2.07. The van der Waals surface area contributed by atoms with E-state index < -0.39 is 26.0 Å². The Morgan fingerprint density at radius 2 is 1.42 bits per heavy atom. The highest BCUT2D eigenvalue weighted by atomic mass is 35.5. The van der Waals surface area contributed by atoms with E-state index in [2.05, 4.69) is 5.32 Å². The summed E-state index contributed by atoms with van der Waals surface area (Å²) in [5.74, 6) is -0.0695. The number of hydrogen-bond donors (Lipinski definition) is 1. The van der Waals surface area contributed by atoms with E-state index in [0.29, 0.717) is 52.8 Å². The monoisotopic (exact) mass is 637 g/mol. The highest BCUT2D eigenvalue weighted by molar-refractivity contribution is 7.93. The highest BCUT2D eigenvalue weighted by Gasteiger charge is 2.32. The first-order valence-corrected chi connectivity index (χ1v) is 16.8. The largest absolute Gasteiger partial charge is 0.483 e. The SMILES string of the molecule is Cc1cc(S(=O)(=O)N2CCc3ccccc32)ccc1OCC(=O)Nc1ccc2c(c1)N(S(=O)(=O)c1ccc(Cl)cc1)CC2. The van der Waals surface area contributed by atoms with Gasteiger partial charge in [0, 0.05) is 23.8 Å². The minimum Gasteiger partial charge on any atom is -0.483 e. The molecule has 6 rings (SSSR count). The number of ether oxygens (including phenoxy) is 1. The average molecular weight is 638 g/mol. The summed E-state index contributed by atoms with van der Waals surface area (Å²) in [5, 5.41) is 3.20. The van der Waals surface area contributed by atoms with E-state index in [4.69, 9.17) is 16.3 Å². The Morgan fingerprint density at radius 1 is 0.791 bits per heavy atom. The van der Waals surface area contributed by atoms with Crippen molar-refractivity contribution >= 4 is 54.6 Å². The van der Waals surface area contributed by atoms with Crippen molar-refractivity contribution in [1.82, 2.24) is 0 Å². The fraction of sp³-hybridized carbons (Fsp3) is 0.194. The molecule has 222 valence electrons. The van der Waals surface area contributed by atoms with Crippen LogP contribution < -0.4 is 18.7 Å². The molecule has 0 spiro atoms. The van der Waals surface area contributed by atoms with Gasteiger partial charge in [-0.3, -0.25) is 13.4 Å². The molecule has 1 N–H and O–H groups in total. The molecule has 0 radical (unpaired) electrons. The summed E-state index contributed by atoms with van der Waals surface area (Å²) in [7, 11) is -7.57. The van der Waals surface area contributed by atoms with Gasteiger partial charge in [-0.05, 0) is 97.1 Å². The number of halogens is 1. The molecule has 9 nitrogen and oxygen atoms in total. The molecule has 4 aromatic carbocycles. The van der Waals surface area contributed by atoms with Crippen LogP contribution in [0.1, 0.15) is 16.7 Å². The molecule has 2 aliphatic heterocycles. The van der Waals surface area contributed by atoms with Crippen LogP contribution in [0.25, 0.3) is 0 Å². The maximum atomic E-state index is 13.4. The fourth-order valence-corrected chi connectivity index (χ4v) is 8.59. The lowest BCUT2D eigenvalue weighted by Gasteiger charge is -2.20. The maximum Gasteiger partial charge on any atom is 0.264 e. The number of fused-ring (bicyclic) bond motifs is 2. The van der Waals surface area contributed by atoms with Crippen LogP contribution >= 0.6 is 11.6 Å². The Morgan fingerprint density at radius 3 is 2.14 bits per heavy atom. The lowest BCUT2D eigenvalue weighted by molar-refractivity contribution is -0.118. The molecule has 0 bridgehead atoms. The van der Waals surface area contributed by atoms with Gasteiger partial charge in [-0.25, -0.2) is 16.8 Å². The van der Waals surface area contributed by atoms with Gasteiger partial charge < -0.3 is 10.1 Å². The topological polar surface area (TPSA) is 113 Å². The van der Waals surface area contributed by atoms with Crippen LogP contribution in [0.3, 0.4) is 0 Å². The maximum absolute atomic E-state index is 13.4. The van der Waals surface area contributed by atoms with Crippen LogP contribution in [-0.2, 0) is 37.7 Å². The third-order valence-corrected chi connectivity index (χ3v) is 11.4. The summed E-state index contributed by atoms with van der Waals surface area (Å²) in [6, 6.07) is 23.2. The third-order valence-electron chi connectivity index (χ3n) is 7.56. The molecular formula is C31H28ClN3O6S2. The van der Waals surface area contributed by atoms with Crippen molar-refractivity contribution in [2.24, 2.45) is 0 Å². The summed E-state index contributed by atoms with van der Waals surface area (Å²) in [5.41, 5.74) is 4.04. The van der Waals surface area contributed by atoms with E-state index >= 15 is 0 Å². The Labute approximate surface area is 255 Å². The summed E-state index contributed by atoms with van der Waals surface area (Å²) in [4.78, 5) is 13.0. The first-order valence-electron chi connectivity index (χ1n) is 13.6. The molecule has 2 heterocycles. The third kappa shape index (κ3) is 5.55. The van der Waals surface area contributed by atoms with Gasteiger partial charge in [-0.15, -0.1) is 0 Å². The van der Waals surface area contributed by atoms with Crippen LogP contribution in [0.5, 0.6) is 5.75 Å². The zero-order valence-corrected chi connectivity index (χ0v) is 25.5. The average Bonchev–Trinajstić information content (AvgIpc) is 3.62. The molecule has 0 fully saturated rings. The molecule has 12 heteroatoms. The lowest BCUT2D eigenvalue weighted by Crippen LogP contribution is -2.29. The number of hydrogen-bond acceptors (Lipinski definition) is 6. The fourth-order valence-electron chi connectivity index (χ4n) is 5.38. The van der Waals surface area contributed by atoms with Crippen LogP contribution in [0, 0.1) is 6.92 Å². The number of nitrogens with zero attached hydrogens (tertiary/aromatic N) is 2. The van der Waals surface area contributed by atoms with E-state index in [0.717, 1.165) is 11.1 Å². The summed E-state index contributed by atoms with van der Waals surface area (Å²) < 4.78 is 61.8. The molecule has 0 saturated carbocycles. The van der Waals surface area contributed by atoms with Crippen LogP contribution in [0.15, 0.2) is 94.7 Å². The molecular weight excluding hydrogens is 610 g/mol. The number of carbonyl (C=O) groups excluding carboxylic acids is 1. The Bertz CT molecular complexity index is 1950. The highest BCUT2D eigenvalue weighted by Crippen LogP contribution is 2.36. The smallest absolute Gasteiger partial charge is 0.264 e. The van der Waals surface area contributed by atoms with E-state index in [1.54, 1.807) is 43.3 Å². The number of amides is 1. The van der Waals surface area contributed by atoms with E-state index in [1.165, 1.54) is 38.9 Å². The summed E-state index contributed by atoms with van der Waals surface area (Å²) >= 11 is 5.92. The van der Waals surface area contributed by atoms with E-state index in [1.807, 2.05) is 18.2 Å². The number of anilines is 3. The number of para-hydroxylation sites is 1. The van der Waals surface area contributed by atoms with Gasteiger partial charge in [0.25, 0.3) is 26.0 Å². The summed E-state index contributed by atoms with van der Waals surface area (Å²) in [6.07, 6.45) is 1.21. The quantitative estimate of drug-likeness (QED) is 0.285. The molecule has 4 aromatic rings. The predicted molar refractivity (Wildman–Crippen MR) is 166 cm³/mol. The number of rotatable bonds is 8. The van der Waals surface area contributed by atoms with Gasteiger partial charge >= 0.3 is 0 Å². The molecule has 1 amide bonds. The number of aryl methyl sites for hydroxylation is 1. The first kappa shape index (κ1) is 29.0. The van der Waals surface area contributed by atoms with Crippen molar-refractivity contribution in [3.63, 3.8) is 0 Å². The number of benzene rings is 4. The second kappa shape index (κ2) is 11.2. The molecule has 2 aliphatic rings. The minimum atomic E-state index is -3.81. The van der Waals surface area contributed by atoms with Crippen LogP contribution in [0.2, 0.25) is 5.02 Å². The van der Waals surface area contributed by atoms with Gasteiger partial charge in [0.2, 0.25) is 0 Å². The van der Waals surface area contributed by atoms with Crippen molar-refractivity contribution in [3.05, 3.63) is 107 Å². The zero-order valence-electron chi connectivity index (χ0n) is 23.2. The van der Waals surface area contributed by atoms with Gasteiger partial charge in [0.05, 0.1) is 21.2 Å². The number of nitrogens with one attached hydrogen (secondary N) is 1. The predicted octanol–water partition coefficient (Wildman–Crippen LogP) is 5.17. The minimum absolute atomic E-state index is 0.132. The van der Waals surface area contributed by atoms with Crippen molar-refractivity contribution < 1.29 is 26.4 Å². The van der Waals surface area contributed by atoms with Crippen molar-refractivity contribution in [2.45, 2.75) is 29.6 Å². The van der Waals surface area contributed by atoms with Gasteiger partial charge in [0.1, 0.15) is 5.75 Å². The first-order chi connectivity index (χ1) is 20.5. The molecule has 43 heavy (non-hydrogen) atoms. The van der Waals surface area contributed by atoms with E-state index in [9.17, 15) is 21.6 Å². The second-order valence-corrected chi connectivity index (χ2v) is 14.5. The normalized spacial score (nSPS) is 14.4. The number of sulfonamides is 2. The van der Waals surface area contributed by atoms with Crippen molar-refractivity contribution in [3.8, 4) is 5.75 Å². The Hall–Kier alpha value is -4.06.